The smallest absolute Gasteiger partial charge is 0.266 e. The molecule has 1 saturated heterocycles. The third-order valence-corrected chi connectivity index (χ3v) is 4.14. The Morgan fingerprint density at radius 1 is 1.32 bits per heavy atom. The molecule has 134 valence electrons. The van der Waals surface area contributed by atoms with Gasteiger partial charge in [-0.1, -0.05) is 6.07 Å². The van der Waals surface area contributed by atoms with Crippen LogP contribution in [0, 0.1) is 11.3 Å². The number of nitrogens with one attached hydrogen (secondary N) is 2. The summed E-state index contributed by atoms with van der Waals surface area (Å²) in [5, 5.41) is 15.6. The van der Waals surface area contributed by atoms with E-state index >= 15 is 0 Å². The Bertz CT molecular complexity index is 675. The van der Waals surface area contributed by atoms with Crippen LogP contribution in [-0.4, -0.2) is 51.2 Å². The average Bonchev–Trinajstić information content (AvgIpc) is 2.68. The molecule has 1 fully saturated rings. The Labute approximate surface area is 148 Å². The highest BCUT2D eigenvalue weighted by atomic mass is 16.5. The van der Waals surface area contributed by atoms with Crippen molar-refractivity contribution in [3.05, 3.63) is 35.5 Å². The fraction of sp³-hybridized carbons (Fsp3) is 0.444. The van der Waals surface area contributed by atoms with Crippen LogP contribution in [0.5, 0.6) is 11.5 Å². The molecule has 7 nitrogen and oxygen atoms in total. The number of nitriles is 1. The minimum Gasteiger partial charge on any atom is -0.493 e. The van der Waals surface area contributed by atoms with Crippen molar-refractivity contribution >= 4 is 5.91 Å². The van der Waals surface area contributed by atoms with Crippen molar-refractivity contribution in [3.8, 4) is 17.6 Å². The van der Waals surface area contributed by atoms with Crippen LogP contribution < -0.4 is 20.1 Å². The van der Waals surface area contributed by atoms with Crippen LogP contribution in [-0.2, 0) is 4.79 Å². The van der Waals surface area contributed by atoms with Crippen LogP contribution in [0.25, 0.3) is 0 Å². The molecule has 1 aliphatic heterocycles. The van der Waals surface area contributed by atoms with Crippen molar-refractivity contribution in [3.63, 3.8) is 0 Å². The van der Waals surface area contributed by atoms with Crippen molar-refractivity contribution in [2.24, 2.45) is 0 Å². The molecule has 0 aliphatic carbocycles. The van der Waals surface area contributed by atoms with E-state index in [1.165, 1.54) is 6.20 Å². The normalized spacial score (nSPS) is 15.9. The Morgan fingerprint density at radius 3 is 2.60 bits per heavy atom. The molecule has 25 heavy (non-hydrogen) atoms. The van der Waals surface area contributed by atoms with Crippen molar-refractivity contribution in [1.29, 1.82) is 5.26 Å². The summed E-state index contributed by atoms with van der Waals surface area (Å²) in [6, 6.07) is 7.50. The zero-order valence-electron chi connectivity index (χ0n) is 14.8. The van der Waals surface area contributed by atoms with Crippen LogP contribution in [0.1, 0.15) is 18.5 Å². The molecule has 0 saturated carbocycles. The predicted molar refractivity (Wildman–Crippen MR) is 94.2 cm³/mol. The highest BCUT2D eigenvalue weighted by Gasteiger charge is 2.20. The number of hydrogen-bond acceptors (Lipinski definition) is 6. The number of ether oxygens (including phenoxy) is 2. The van der Waals surface area contributed by atoms with E-state index in [1.807, 2.05) is 31.2 Å². The fourth-order valence-corrected chi connectivity index (χ4v) is 2.61. The lowest BCUT2D eigenvalue weighted by Crippen LogP contribution is -2.46. The summed E-state index contributed by atoms with van der Waals surface area (Å²) in [4.78, 5) is 14.1. The number of benzene rings is 1. The third kappa shape index (κ3) is 4.64. The van der Waals surface area contributed by atoms with Crippen molar-refractivity contribution in [2.45, 2.75) is 13.0 Å². The largest absolute Gasteiger partial charge is 0.493 e. The summed E-state index contributed by atoms with van der Waals surface area (Å²) >= 11 is 0. The summed E-state index contributed by atoms with van der Waals surface area (Å²) in [7, 11) is 3.17. The fourth-order valence-electron chi connectivity index (χ4n) is 2.61. The first kappa shape index (κ1) is 18.6. The molecule has 2 N–H and O–H groups in total. The molecule has 1 aliphatic rings. The van der Waals surface area contributed by atoms with Gasteiger partial charge in [0.25, 0.3) is 5.91 Å². The van der Waals surface area contributed by atoms with Crippen molar-refractivity contribution in [1.82, 2.24) is 15.5 Å². The van der Waals surface area contributed by atoms with E-state index in [0.29, 0.717) is 24.6 Å². The Hall–Kier alpha value is -2.72. The van der Waals surface area contributed by atoms with Gasteiger partial charge >= 0.3 is 0 Å². The summed E-state index contributed by atoms with van der Waals surface area (Å²) in [5.41, 5.74) is 1.06. The molecule has 2 rings (SSSR count). The van der Waals surface area contributed by atoms with Gasteiger partial charge in [-0.15, -0.1) is 0 Å². The molecule has 1 aromatic carbocycles. The van der Waals surface area contributed by atoms with Crippen LogP contribution in [0.4, 0.5) is 0 Å². The van der Waals surface area contributed by atoms with Gasteiger partial charge < -0.3 is 25.0 Å². The second-order valence-electron chi connectivity index (χ2n) is 5.71. The van der Waals surface area contributed by atoms with E-state index in [1.54, 1.807) is 19.1 Å². The Kier molecular flexibility index (Phi) is 6.66. The minimum atomic E-state index is -0.240. The first-order valence-corrected chi connectivity index (χ1v) is 8.19. The molecule has 1 aromatic rings. The highest BCUT2D eigenvalue weighted by Crippen LogP contribution is 2.29. The third-order valence-electron chi connectivity index (χ3n) is 4.14. The number of carbonyl (C=O) groups excluding carboxylic acids is 1. The maximum Gasteiger partial charge on any atom is 0.266 e. The summed E-state index contributed by atoms with van der Waals surface area (Å²) < 4.78 is 10.5. The minimum absolute atomic E-state index is 0.0982. The van der Waals surface area contributed by atoms with E-state index in [9.17, 15) is 10.1 Å². The van der Waals surface area contributed by atoms with Gasteiger partial charge in [-0.25, -0.2) is 0 Å². The van der Waals surface area contributed by atoms with Crippen molar-refractivity contribution < 1.29 is 14.3 Å². The van der Waals surface area contributed by atoms with Gasteiger partial charge in [0.1, 0.15) is 11.6 Å². The molecular weight excluding hydrogens is 320 g/mol. The monoisotopic (exact) mass is 344 g/mol. The number of carbonyl (C=O) groups is 1. The zero-order chi connectivity index (χ0) is 18.2. The molecular formula is C18H24N4O3. The number of amides is 1. The van der Waals surface area contributed by atoms with E-state index in [-0.39, 0.29) is 17.5 Å². The highest BCUT2D eigenvalue weighted by molar-refractivity contribution is 5.97. The average molecular weight is 344 g/mol. The molecule has 1 amide bonds. The quantitative estimate of drug-likeness (QED) is 0.596. The first-order valence-electron chi connectivity index (χ1n) is 8.19. The van der Waals surface area contributed by atoms with E-state index < -0.39 is 0 Å². The molecule has 1 heterocycles. The van der Waals surface area contributed by atoms with Gasteiger partial charge in [-0.3, -0.25) is 4.79 Å². The van der Waals surface area contributed by atoms with Gasteiger partial charge in [0, 0.05) is 38.4 Å². The number of hydrogen-bond donors (Lipinski definition) is 2. The molecule has 1 atom stereocenters. The lowest BCUT2D eigenvalue weighted by Gasteiger charge is -2.27. The predicted octanol–water partition coefficient (Wildman–Crippen LogP) is 1.19. The van der Waals surface area contributed by atoms with Crippen LogP contribution >= 0.6 is 0 Å². The van der Waals surface area contributed by atoms with Crippen LogP contribution in [0.2, 0.25) is 0 Å². The SMILES string of the molecule is COc1ccc(C(C)N/C=C(/C#N)C(=O)N2CCNCC2)cc1OC. The molecule has 0 aromatic heterocycles. The number of rotatable bonds is 6. The van der Waals surface area contributed by atoms with E-state index in [4.69, 9.17) is 9.47 Å². The lowest BCUT2D eigenvalue weighted by molar-refractivity contribution is -0.127. The summed E-state index contributed by atoms with van der Waals surface area (Å²) in [5.74, 6) is 1.05. The topological polar surface area (TPSA) is 86.6 Å². The lowest BCUT2D eigenvalue weighted by atomic mass is 10.1. The summed E-state index contributed by atoms with van der Waals surface area (Å²) in [6.07, 6.45) is 1.49. The van der Waals surface area contributed by atoms with Crippen LogP contribution in [0.15, 0.2) is 30.0 Å². The van der Waals surface area contributed by atoms with Gasteiger partial charge in [-0.05, 0) is 24.6 Å². The molecule has 1 unspecified atom stereocenters. The number of methoxy groups -OCH3 is 2. The molecule has 0 radical (unpaired) electrons. The molecule has 7 heteroatoms. The molecule has 0 spiro atoms. The van der Waals surface area contributed by atoms with Gasteiger partial charge in [0.2, 0.25) is 0 Å². The number of nitrogens with zero attached hydrogens (tertiary/aromatic N) is 2. The zero-order valence-corrected chi connectivity index (χ0v) is 14.8. The van der Waals surface area contributed by atoms with Crippen LogP contribution in [0.3, 0.4) is 0 Å². The van der Waals surface area contributed by atoms with Crippen molar-refractivity contribution in [2.75, 3.05) is 40.4 Å². The maximum atomic E-state index is 12.4. The second kappa shape index (κ2) is 8.94. The van der Waals surface area contributed by atoms with Gasteiger partial charge in [-0.2, -0.15) is 5.26 Å². The standard InChI is InChI=1S/C18H24N4O3/c1-13(14-4-5-16(24-2)17(10-14)25-3)21-12-15(11-19)18(23)22-8-6-20-7-9-22/h4-5,10,12-13,20-21H,6-9H2,1-3H3/b15-12-. The first-order chi connectivity index (χ1) is 12.1. The second-order valence-corrected chi connectivity index (χ2v) is 5.71. The maximum absolute atomic E-state index is 12.4. The van der Waals surface area contributed by atoms with E-state index in [0.717, 1.165) is 18.7 Å². The van der Waals surface area contributed by atoms with Gasteiger partial charge in [0.05, 0.1) is 14.2 Å². The van der Waals surface area contributed by atoms with E-state index in [2.05, 4.69) is 10.6 Å². The van der Waals surface area contributed by atoms with Gasteiger partial charge in [0.15, 0.2) is 11.5 Å². The Balaban J connectivity index is 2.07. The molecule has 0 bridgehead atoms. The summed E-state index contributed by atoms with van der Waals surface area (Å²) in [6.45, 7) is 4.67. The number of piperazine rings is 1. The Morgan fingerprint density at radius 2 is 2.00 bits per heavy atom.